The minimum absolute atomic E-state index is 0.513. The van der Waals surface area contributed by atoms with E-state index in [9.17, 15) is 22.4 Å². The van der Waals surface area contributed by atoms with Gasteiger partial charge in [-0.25, -0.2) is 8.78 Å². The molecule has 2 aromatic rings. The van der Waals surface area contributed by atoms with Crippen LogP contribution in [0.1, 0.15) is 28.9 Å². The van der Waals surface area contributed by atoms with Gasteiger partial charge in [-0.2, -0.15) is 8.78 Å². The van der Waals surface area contributed by atoms with Crippen molar-refractivity contribution in [3.63, 3.8) is 0 Å². The van der Waals surface area contributed by atoms with Gasteiger partial charge in [0.1, 0.15) is 22.9 Å². The highest BCUT2D eigenvalue weighted by Crippen LogP contribution is 2.23. The normalized spacial score (nSPS) is 12.1. The number of halogens is 5. The molecule has 2 rings (SSSR count). The van der Waals surface area contributed by atoms with Gasteiger partial charge in [0, 0.05) is 16.6 Å². The third-order valence-corrected chi connectivity index (χ3v) is 3.71. The van der Waals surface area contributed by atoms with Crippen LogP contribution < -0.4 is 10.1 Å². The van der Waals surface area contributed by atoms with E-state index in [0.29, 0.717) is 12.1 Å². The number of carbonyl (C=O) groups is 1. The van der Waals surface area contributed by atoms with Crippen molar-refractivity contribution in [2.75, 3.05) is 0 Å². The van der Waals surface area contributed by atoms with Crippen molar-refractivity contribution >= 4 is 21.8 Å². The molecular weight excluding hydrogens is 394 g/mol. The third-order valence-electron chi connectivity index (χ3n) is 3.19. The lowest BCUT2D eigenvalue weighted by Gasteiger charge is -2.15. The van der Waals surface area contributed by atoms with E-state index in [0.717, 1.165) is 10.0 Å². The summed E-state index contributed by atoms with van der Waals surface area (Å²) in [5.41, 5.74) is -0.134. The number of alkyl halides is 2. The van der Waals surface area contributed by atoms with Gasteiger partial charge in [-0.3, -0.25) is 4.79 Å². The summed E-state index contributed by atoms with van der Waals surface area (Å²) in [6.45, 7) is -1.58. The summed E-state index contributed by atoms with van der Waals surface area (Å²) in [5.74, 6) is -4.26. The minimum atomic E-state index is -3.22. The van der Waals surface area contributed by atoms with Crippen LogP contribution in [0.5, 0.6) is 5.75 Å². The van der Waals surface area contributed by atoms with Crippen molar-refractivity contribution in [2.45, 2.75) is 19.6 Å². The molecule has 0 fully saturated rings. The Kier molecular flexibility index (Phi) is 5.82. The molecule has 2 aromatic carbocycles. The second kappa shape index (κ2) is 7.65. The molecule has 0 aliphatic carbocycles. The van der Waals surface area contributed by atoms with Crippen LogP contribution in [-0.4, -0.2) is 12.5 Å². The van der Waals surface area contributed by atoms with Crippen LogP contribution in [0.25, 0.3) is 0 Å². The molecule has 0 radical (unpaired) electrons. The molecule has 3 nitrogen and oxygen atoms in total. The first-order valence-corrected chi connectivity index (χ1v) is 7.57. The average Bonchev–Trinajstić information content (AvgIpc) is 2.46. The maximum absolute atomic E-state index is 13.9. The summed E-state index contributed by atoms with van der Waals surface area (Å²) in [7, 11) is 0. The Morgan fingerprint density at radius 3 is 2.17 bits per heavy atom. The van der Waals surface area contributed by atoms with Gasteiger partial charge < -0.3 is 10.1 Å². The summed E-state index contributed by atoms with van der Waals surface area (Å²) in [6, 6.07) is 7.55. The topological polar surface area (TPSA) is 38.3 Å². The van der Waals surface area contributed by atoms with Gasteiger partial charge in [-0.15, -0.1) is 0 Å². The quantitative estimate of drug-likeness (QED) is 0.724. The molecule has 0 saturated carbocycles. The van der Waals surface area contributed by atoms with E-state index in [2.05, 4.69) is 26.0 Å². The fourth-order valence-electron chi connectivity index (χ4n) is 2.04. The van der Waals surface area contributed by atoms with Crippen LogP contribution in [0.4, 0.5) is 17.6 Å². The number of amides is 1. The van der Waals surface area contributed by atoms with E-state index in [1.807, 2.05) is 0 Å². The second-order valence-corrected chi connectivity index (χ2v) is 5.80. The summed E-state index contributed by atoms with van der Waals surface area (Å²) < 4.78 is 56.7. The van der Waals surface area contributed by atoms with Crippen LogP contribution in [0.3, 0.4) is 0 Å². The first-order valence-electron chi connectivity index (χ1n) is 6.78. The molecule has 1 amide bonds. The molecule has 0 saturated heterocycles. The number of hydrogen-bond acceptors (Lipinski definition) is 2. The minimum Gasteiger partial charge on any atom is -0.435 e. The highest BCUT2D eigenvalue weighted by atomic mass is 79.9. The number of carbonyl (C=O) groups excluding carboxylic acids is 1. The molecular formula is C16H12BrF4NO2. The molecule has 1 atom stereocenters. The Morgan fingerprint density at radius 1 is 1.12 bits per heavy atom. The molecule has 0 aliphatic heterocycles. The Labute approximate surface area is 143 Å². The Balaban J connectivity index is 2.18. The van der Waals surface area contributed by atoms with Gasteiger partial charge in [0.05, 0.1) is 6.04 Å². The zero-order chi connectivity index (χ0) is 17.9. The van der Waals surface area contributed by atoms with E-state index in [1.165, 1.54) is 0 Å². The summed E-state index contributed by atoms with van der Waals surface area (Å²) in [4.78, 5) is 12.1. The molecule has 1 unspecified atom stereocenters. The lowest BCUT2D eigenvalue weighted by atomic mass is 10.1. The number of benzene rings is 2. The zero-order valence-electron chi connectivity index (χ0n) is 12.3. The molecule has 8 heteroatoms. The maximum Gasteiger partial charge on any atom is 0.387 e. The Morgan fingerprint density at radius 2 is 1.67 bits per heavy atom. The molecule has 128 valence electrons. The van der Waals surface area contributed by atoms with Crippen LogP contribution >= 0.6 is 15.9 Å². The van der Waals surface area contributed by atoms with Gasteiger partial charge in [-0.05, 0) is 24.6 Å². The Bertz CT molecular complexity index is 714. The number of ether oxygens (including phenoxy) is 1. The van der Waals surface area contributed by atoms with E-state index < -0.39 is 41.5 Å². The predicted octanol–water partition coefficient (Wildman–Crippen LogP) is 4.82. The van der Waals surface area contributed by atoms with Crippen LogP contribution in [0, 0.1) is 11.6 Å². The van der Waals surface area contributed by atoms with Crippen molar-refractivity contribution in [3.8, 4) is 5.75 Å². The summed E-state index contributed by atoms with van der Waals surface area (Å²) >= 11 is 3.27. The Hall–Kier alpha value is -2.09. The maximum atomic E-state index is 13.9. The van der Waals surface area contributed by atoms with E-state index in [4.69, 9.17) is 0 Å². The molecule has 0 bridgehead atoms. The van der Waals surface area contributed by atoms with Crippen molar-refractivity contribution in [1.82, 2.24) is 5.32 Å². The van der Waals surface area contributed by atoms with Gasteiger partial charge in [0.25, 0.3) is 5.91 Å². The zero-order valence-corrected chi connectivity index (χ0v) is 13.9. The first kappa shape index (κ1) is 18.3. The van der Waals surface area contributed by atoms with E-state index in [-0.39, 0.29) is 0 Å². The molecule has 0 heterocycles. The third kappa shape index (κ3) is 4.47. The van der Waals surface area contributed by atoms with Crippen LogP contribution in [0.2, 0.25) is 0 Å². The van der Waals surface area contributed by atoms with E-state index >= 15 is 0 Å². The highest BCUT2D eigenvalue weighted by molar-refractivity contribution is 9.10. The SMILES string of the molecule is CC(NC(=O)c1c(F)cc(OC(F)F)cc1F)c1ccc(Br)cc1. The standard InChI is InChI=1S/C16H12BrF4NO2/c1-8(9-2-4-10(17)5-3-9)22-15(23)14-12(18)6-11(7-13(14)19)24-16(20)21/h2-8,16H,1H3,(H,22,23). The highest BCUT2D eigenvalue weighted by Gasteiger charge is 2.22. The van der Waals surface area contributed by atoms with Crippen LogP contribution in [0.15, 0.2) is 40.9 Å². The first-order chi connectivity index (χ1) is 11.3. The van der Waals surface area contributed by atoms with Gasteiger partial charge in [0.2, 0.25) is 0 Å². The largest absolute Gasteiger partial charge is 0.435 e. The predicted molar refractivity (Wildman–Crippen MR) is 83.0 cm³/mol. The number of nitrogens with one attached hydrogen (secondary N) is 1. The molecule has 0 aliphatic rings. The average molecular weight is 406 g/mol. The van der Waals surface area contributed by atoms with E-state index in [1.54, 1.807) is 31.2 Å². The number of rotatable bonds is 5. The van der Waals surface area contributed by atoms with Gasteiger partial charge >= 0.3 is 6.61 Å². The fraction of sp³-hybridized carbons (Fsp3) is 0.188. The molecule has 1 N–H and O–H groups in total. The summed E-state index contributed by atoms with van der Waals surface area (Å²) in [5, 5.41) is 2.45. The lowest BCUT2D eigenvalue weighted by Crippen LogP contribution is -2.28. The van der Waals surface area contributed by atoms with Crippen molar-refractivity contribution in [1.29, 1.82) is 0 Å². The lowest BCUT2D eigenvalue weighted by molar-refractivity contribution is -0.0501. The molecule has 0 aromatic heterocycles. The van der Waals surface area contributed by atoms with Crippen LogP contribution in [-0.2, 0) is 0 Å². The van der Waals surface area contributed by atoms with Crippen molar-refractivity contribution in [3.05, 3.63) is 63.6 Å². The van der Waals surface area contributed by atoms with Crippen molar-refractivity contribution in [2.24, 2.45) is 0 Å². The molecule has 24 heavy (non-hydrogen) atoms. The summed E-state index contributed by atoms with van der Waals surface area (Å²) in [6.07, 6.45) is 0. The fourth-order valence-corrected chi connectivity index (χ4v) is 2.31. The smallest absolute Gasteiger partial charge is 0.387 e. The van der Waals surface area contributed by atoms with Gasteiger partial charge in [-0.1, -0.05) is 28.1 Å². The number of hydrogen-bond donors (Lipinski definition) is 1. The van der Waals surface area contributed by atoms with Crippen molar-refractivity contribution < 1.29 is 27.1 Å². The monoisotopic (exact) mass is 405 g/mol. The van der Waals surface area contributed by atoms with Gasteiger partial charge in [0.15, 0.2) is 0 Å². The second-order valence-electron chi connectivity index (χ2n) is 4.89. The molecule has 0 spiro atoms.